The molecule has 1 fully saturated rings. The lowest BCUT2D eigenvalue weighted by molar-refractivity contribution is -0.123. The average molecular weight is 284 g/mol. The minimum absolute atomic E-state index is 0.00247. The van der Waals surface area contributed by atoms with Gasteiger partial charge in [-0.2, -0.15) is 0 Å². The maximum Gasteiger partial charge on any atom is 0.230 e. The van der Waals surface area contributed by atoms with E-state index in [2.05, 4.69) is 5.32 Å². The summed E-state index contributed by atoms with van der Waals surface area (Å²) in [5.41, 5.74) is 0.459. The zero-order valence-corrected chi connectivity index (χ0v) is 11.4. The van der Waals surface area contributed by atoms with Crippen molar-refractivity contribution in [3.8, 4) is 0 Å². The molecule has 0 aliphatic heterocycles. The molecule has 2 rings (SSSR count). The highest BCUT2D eigenvalue weighted by atomic mass is 35.5. The van der Waals surface area contributed by atoms with Crippen molar-refractivity contribution in [3.05, 3.63) is 34.9 Å². The molecule has 4 nitrogen and oxygen atoms in total. The van der Waals surface area contributed by atoms with Crippen LogP contribution in [0.25, 0.3) is 0 Å². The molecule has 1 amide bonds. The molecular weight excluding hydrogens is 266 g/mol. The number of hydrogen-bond donors (Lipinski definition) is 2. The van der Waals surface area contributed by atoms with Crippen LogP contribution in [-0.2, 0) is 14.9 Å². The summed E-state index contributed by atoms with van der Waals surface area (Å²) in [4.78, 5) is 12.2. The molecule has 0 atom stereocenters. The van der Waals surface area contributed by atoms with Gasteiger partial charge in [0.05, 0.1) is 25.2 Å². The van der Waals surface area contributed by atoms with Crippen LogP contribution in [0.4, 0.5) is 0 Å². The molecule has 1 aliphatic carbocycles. The maximum absolute atomic E-state index is 12.2. The van der Waals surface area contributed by atoms with Crippen molar-refractivity contribution in [1.29, 1.82) is 0 Å². The zero-order valence-electron chi connectivity index (χ0n) is 10.7. The molecule has 0 aromatic heterocycles. The Balaban J connectivity index is 1.90. The third kappa shape index (κ3) is 3.26. The molecule has 0 radical (unpaired) electrons. The molecule has 5 heteroatoms. The summed E-state index contributed by atoms with van der Waals surface area (Å²) >= 11 is 6.16. The summed E-state index contributed by atoms with van der Waals surface area (Å²) in [5, 5.41) is 12.1. The second-order valence-corrected chi connectivity index (χ2v) is 5.06. The van der Waals surface area contributed by atoms with E-state index in [0.29, 0.717) is 24.8 Å². The molecule has 2 N–H and O–H groups in total. The molecule has 0 unspecified atom stereocenters. The lowest BCUT2D eigenvalue weighted by atomic mass is 9.95. The van der Waals surface area contributed by atoms with Gasteiger partial charge in [0.25, 0.3) is 0 Å². The van der Waals surface area contributed by atoms with Gasteiger partial charge in [0.1, 0.15) is 0 Å². The Bertz CT molecular complexity index is 446. The molecular formula is C14H18ClNO3. The fourth-order valence-corrected chi connectivity index (χ4v) is 2.48. The molecule has 0 heterocycles. The van der Waals surface area contributed by atoms with Gasteiger partial charge in [0.2, 0.25) is 5.91 Å². The second kappa shape index (κ2) is 6.37. The highest BCUT2D eigenvalue weighted by molar-refractivity contribution is 6.31. The molecule has 1 aromatic carbocycles. The van der Waals surface area contributed by atoms with Crippen LogP contribution in [-0.4, -0.2) is 37.4 Å². The van der Waals surface area contributed by atoms with E-state index in [1.54, 1.807) is 0 Å². The van der Waals surface area contributed by atoms with Crippen LogP contribution in [0.1, 0.15) is 18.4 Å². The van der Waals surface area contributed by atoms with E-state index in [9.17, 15) is 4.79 Å². The first-order chi connectivity index (χ1) is 9.20. The number of benzene rings is 1. The number of aliphatic hydroxyl groups is 1. The topological polar surface area (TPSA) is 58.6 Å². The third-order valence-electron chi connectivity index (χ3n) is 3.34. The summed E-state index contributed by atoms with van der Waals surface area (Å²) in [5.74, 6) is 0.00759. The predicted molar refractivity (Wildman–Crippen MR) is 73.3 cm³/mol. The zero-order chi connectivity index (χ0) is 13.7. The molecule has 1 aliphatic rings. The highest BCUT2D eigenvalue weighted by Crippen LogP contribution is 2.50. The van der Waals surface area contributed by atoms with Gasteiger partial charge in [0.15, 0.2) is 0 Å². The van der Waals surface area contributed by atoms with Crippen LogP contribution >= 0.6 is 11.6 Å². The Labute approximate surface area is 117 Å². The van der Waals surface area contributed by atoms with Crippen molar-refractivity contribution >= 4 is 17.5 Å². The van der Waals surface area contributed by atoms with Gasteiger partial charge >= 0.3 is 0 Å². The van der Waals surface area contributed by atoms with Gasteiger partial charge in [-0.05, 0) is 24.5 Å². The van der Waals surface area contributed by atoms with Crippen LogP contribution in [0.15, 0.2) is 24.3 Å². The molecule has 1 saturated carbocycles. The van der Waals surface area contributed by atoms with E-state index in [1.807, 2.05) is 24.3 Å². The Hall–Kier alpha value is -1.10. The van der Waals surface area contributed by atoms with Crippen molar-refractivity contribution in [2.45, 2.75) is 18.3 Å². The molecule has 104 valence electrons. The number of hydrogen-bond acceptors (Lipinski definition) is 3. The molecule has 1 aromatic rings. The quantitative estimate of drug-likeness (QED) is 0.746. The van der Waals surface area contributed by atoms with Crippen molar-refractivity contribution in [1.82, 2.24) is 5.32 Å². The van der Waals surface area contributed by atoms with E-state index < -0.39 is 5.41 Å². The Morgan fingerprint density at radius 2 is 2.11 bits per heavy atom. The Kier molecular flexibility index (Phi) is 4.80. The number of carbonyl (C=O) groups is 1. The Morgan fingerprint density at radius 3 is 2.74 bits per heavy atom. The average Bonchev–Trinajstić information content (AvgIpc) is 3.20. The molecule has 0 saturated heterocycles. The molecule has 0 spiro atoms. The number of amides is 1. The third-order valence-corrected chi connectivity index (χ3v) is 3.67. The van der Waals surface area contributed by atoms with Crippen LogP contribution in [0, 0.1) is 0 Å². The fourth-order valence-electron chi connectivity index (χ4n) is 2.17. The minimum atomic E-state index is -0.449. The SMILES string of the molecule is O=C(NCCOCCO)C1(c2ccccc2Cl)CC1. The van der Waals surface area contributed by atoms with Crippen LogP contribution in [0.2, 0.25) is 5.02 Å². The largest absolute Gasteiger partial charge is 0.394 e. The smallest absolute Gasteiger partial charge is 0.230 e. The van der Waals surface area contributed by atoms with E-state index in [0.717, 1.165) is 18.4 Å². The first-order valence-corrected chi connectivity index (χ1v) is 6.80. The van der Waals surface area contributed by atoms with Gasteiger partial charge in [0, 0.05) is 11.6 Å². The van der Waals surface area contributed by atoms with E-state index >= 15 is 0 Å². The minimum Gasteiger partial charge on any atom is -0.394 e. The lowest BCUT2D eigenvalue weighted by Gasteiger charge is -2.17. The van der Waals surface area contributed by atoms with Gasteiger partial charge in [-0.25, -0.2) is 0 Å². The standard InChI is InChI=1S/C14H18ClNO3/c15-12-4-2-1-3-11(12)14(5-6-14)13(18)16-7-9-19-10-8-17/h1-4,17H,5-10H2,(H,16,18). The number of halogens is 1. The monoisotopic (exact) mass is 283 g/mol. The maximum atomic E-state index is 12.2. The van der Waals surface area contributed by atoms with E-state index in [1.165, 1.54) is 0 Å². The molecule has 19 heavy (non-hydrogen) atoms. The summed E-state index contributed by atoms with van der Waals surface area (Å²) in [6.07, 6.45) is 1.67. The van der Waals surface area contributed by atoms with Gasteiger partial charge in [-0.1, -0.05) is 29.8 Å². The first kappa shape index (κ1) is 14.3. The number of rotatable bonds is 7. The molecule has 0 bridgehead atoms. The van der Waals surface area contributed by atoms with Crippen molar-refractivity contribution in [3.63, 3.8) is 0 Å². The van der Waals surface area contributed by atoms with Crippen LogP contribution < -0.4 is 5.32 Å². The lowest BCUT2D eigenvalue weighted by Crippen LogP contribution is -2.37. The summed E-state index contributed by atoms with van der Waals surface area (Å²) < 4.78 is 5.10. The number of aliphatic hydroxyl groups excluding tert-OH is 1. The predicted octanol–water partition coefficient (Wildman–Crippen LogP) is 1.50. The summed E-state index contributed by atoms with van der Waals surface area (Å²) in [7, 11) is 0. The first-order valence-electron chi connectivity index (χ1n) is 6.42. The van der Waals surface area contributed by atoms with Gasteiger partial charge < -0.3 is 15.2 Å². The van der Waals surface area contributed by atoms with Crippen molar-refractivity contribution in [2.24, 2.45) is 0 Å². The summed E-state index contributed by atoms with van der Waals surface area (Å²) in [6, 6.07) is 7.49. The highest BCUT2D eigenvalue weighted by Gasteiger charge is 2.52. The fraction of sp³-hybridized carbons (Fsp3) is 0.500. The van der Waals surface area contributed by atoms with Crippen molar-refractivity contribution < 1.29 is 14.6 Å². The number of carbonyl (C=O) groups excluding carboxylic acids is 1. The Morgan fingerprint density at radius 1 is 1.37 bits per heavy atom. The normalized spacial score (nSPS) is 16.1. The van der Waals surface area contributed by atoms with Crippen molar-refractivity contribution in [2.75, 3.05) is 26.4 Å². The van der Waals surface area contributed by atoms with Crippen LogP contribution in [0.5, 0.6) is 0 Å². The van der Waals surface area contributed by atoms with Gasteiger partial charge in [-0.15, -0.1) is 0 Å². The van der Waals surface area contributed by atoms with E-state index in [4.69, 9.17) is 21.4 Å². The number of ether oxygens (including phenoxy) is 1. The van der Waals surface area contributed by atoms with Crippen LogP contribution in [0.3, 0.4) is 0 Å². The second-order valence-electron chi connectivity index (χ2n) is 4.65. The van der Waals surface area contributed by atoms with E-state index in [-0.39, 0.29) is 12.5 Å². The van der Waals surface area contributed by atoms with Gasteiger partial charge in [-0.3, -0.25) is 4.79 Å². The number of nitrogens with one attached hydrogen (secondary N) is 1. The summed E-state index contributed by atoms with van der Waals surface area (Å²) in [6.45, 7) is 1.15.